The molecule has 1 aromatic rings. The largest absolute Gasteiger partial charge is 0.334 e. The van der Waals surface area contributed by atoms with Gasteiger partial charge < -0.3 is 10.6 Å². The fraction of sp³-hybridized carbons (Fsp3) is 0.667. The summed E-state index contributed by atoms with van der Waals surface area (Å²) in [6.45, 7) is 2.78. The number of nitrogens with two attached hydrogens (primary N) is 1. The van der Waals surface area contributed by atoms with Crippen molar-refractivity contribution < 1.29 is 4.79 Å². The molecule has 1 amide bonds. The molecule has 2 rings (SSSR count). The van der Waals surface area contributed by atoms with E-state index in [9.17, 15) is 4.79 Å². The van der Waals surface area contributed by atoms with E-state index in [1.54, 1.807) is 17.1 Å². The quantitative estimate of drug-likeness (QED) is 0.879. The normalized spacial score (nSPS) is 21.3. The molecule has 0 bridgehead atoms. The fourth-order valence-corrected chi connectivity index (χ4v) is 2.45. The minimum absolute atomic E-state index is 0. The number of amides is 1. The van der Waals surface area contributed by atoms with Gasteiger partial charge in [-0.3, -0.25) is 9.48 Å². The molecule has 2 atom stereocenters. The van der Waals surface area contributed by atoms with E-state index in [2.05, 4.69) is 5.10 Å². The van der Waals surface area contributed by atoms with Crippen molar-refractivity contribution in [3.63, 3.8) is 0 Å². The summed E-state index contributed by atoms with van der Waals surface area (Å²) in [4.78, 5) is 14.3. The fourth-order valence-electron chi connectivity index (χ4n) is 2.45. The molecule has 0 aromatic carbocycles. The van der Waals surface area contributed by atoms with Gasteiger partial charge in [0.15, 0.2) is 0 Å². The van der Waals surface area contributed by atoms with E-state index in [4.69, 9.17) is 5.73 Å². The molecule has 102 valence electrons. The van der Waals surface area contributed by atoms with Gasteiger partial charge in [-0.1, -0.05) is 0 Å². The van der Waals surface area contributed by atoms with Crippen LogP contribution in [0.2, 0.25) is 0 Å². The Morgan fingerprint density at radius 2 is 2.28 bits per heavy atom. The highest BCUT2D eigenvalue weighted by Gasteiger charge is 2.30. The minimum atomic E-state index is 0. The van der Waals surface area contributed by atoms with E-state index in [0.29, 0.717) is 5.56 Å². The standard InChI is InChI=1S/C12H20N4O.ClH/c1-9(13)11-5-3-4-6-16(11)12(17)10-7-14-15(2)8-10;/h7-9,11H,3-6,13H2,1-2H3;1H. The summed E-state index contributed by atoms with van der Waals surface area (Å²) in [5.41, 5.74) is 6.62. The molecule has 5 nitrogen and oxygen atoms in total. The number of carbonyl (C=O) groups is 1. The predicted molar refractivity (Wildman–Crippen MR) is 72.8 cm³/mol. The molecule has 6 heteroatoms. The first kappa shape index (κ1) is 15.0. The smallest absolute Gasteiger partial charge is 0.257 e. The average molecular weight is 273 g/mol. The van der Waals surface area contributed by atoms with Crippen LogP contribution in [0, 0.1) is 0 Å². The second-order valence-corrected chi connectivity index (χ2v) is 4.82. The van der Waals surface area contributed by atoms with Crippen LogP contribution >= 0.6 is 12.4 Å². The van der Waals surface area contributed by atoms with Crippen LogP contribution in [0.3, 0.4) is 0 Å². The number of rotatable bonds is 2. The first-order valence-electron chi connectivity index (χ1n) is 6.15. The van der Waals surface area contributed by atoms with Gasteiger partial charge in [-0.15, -0.1) is 12.4 Å². The summed E-state index contributed by atoms with van der Waals surface area (Å²) in [5.74, 6) is 0.0556. The van der Waals surface area contributed by atoms with E-state index >= 15 is 0 Å². The Labute approximate surface area is 114 Å². The Balaban J connectivity index is 0.00000162. The third-order valence-electron chi connectivity index (χ3n) is 3.37. The molecule has 1 saturated heterocycles. The number of hydrogen-bond donors (Lipinski definition) is 1. The van der Waals surface area contributed by atoms with Crippen molar-refractivity contribution >= 4 is 18.3 Å². The van der Waals surface area contributed by atoms with Crippen molar-refractivity contribution in [2.75, 3.05) is 6.54 Å². The number of halogens is 1. The number of piperidine rings is 1. The molecular formula is C12H21ClN4O. The van der Waals surface area contributed by atoms with E-state index in [-0.39, 0.29) is 30.4 Å². The summed E-state index contributed by atoms with van der Waals surface area (Å²) in [5, 5.41) is 4.04. The van der Waals surface area contributed by atoms with Gasteiger partial charge in [-0.05, 0) is 26.2 Å². The van der Waals surface area contributed by atoms with Crippen LogP contribution in [0.5, 0.6) is 0 Å². The molecule has 1 aromatic heterocycles. The van der Waals surface area contributed by atoms with Crippen LogP contribution < -0.4 is 5.73 Å². The lowest BCUT2D eigenvalue weighted by Gasteiger charge is -2.37. The summed E-state index contributed by atoms with van der Waals surface area (Å²) in [7, 11) is 1.82. The second kappa shape index (κ2) is 6.20. The monoisotopic (exact) mass is 272 g/mol. The highest BCUT2D eigenvalue weighted by molar-refractivity contribution is 5.94. The number of aryl methyl sites for hydroxylation is 1. The van der Waals surface area contributed by atoms with Crippen LogP contribution in [-0.4, -0.2) is 39.2 Å². The Bertz CT molecular complexity index is 405. The van der Waals surface area contributed by atoms with Gasteiger partial charge in [0.2, 0.25) is 0 Å². The van der Waals surface area contributed by atoms with Crippen molar-refractivity contribution in [1.29, 1.82) is 0 Å². The molecule has 1 aliphatic rings. The third-order valence-corrected chi connectivity index (χ3v) is 3.37. The van der Waals surface area contributed by atoms with Crippen molar-refractivity contribution in [2.45, 2.75) is 38.3 Å². The van der Waals surface area contributed by atoms with E-state index in [0.717, 1.165) is 25.8 Å². The zero-order valence-electron chi connectivity index (χ0n) is 10.9. The van der Waals surface area contributed by atoms with Gasteiger partial charge in [-0.25, -0.2) is 0 Å². The summed E-state index contributed by atoms with van der Waals surface area (Å²) < 4.78 is 1.65. The van der Waals surface area contributed by atoms with Crippen molar-refractivity contribution in [3.05, 3.63) is 18.0 Å². The maximum atomic E-state index is 12.3. The maximum absolute atomic E-state index is 12.3. The molecule has 0 aliphatic carbocycles. The SMILES string of the molecule is CC(N)C1CCCCN1C(=O)c1cnn(C)c1.Cl. The van der Waals surface area contributed by atoms with Crippen LogP contribution in [-0.2, 0) is 7.05 Å². The molecule has 0 saturated carbocycles. The zero-order valence-corrected chi connectivity index (χ0v) is 11.7. The highest BCUT2D eigenvalue weighted by Crippen LogP contribution is 2.21. The van der Waals surface area contributed by atoms with Gasteiger partial charge >= 0.3 is 0 Å². The van der Waals surface area contributed by atoms with Crippen LogP contribution in [0.1, 0.15) is 36.5 Å². The Hall–Kier alpha value is -1.07. The van der Waals surface area contributed by atoms with Crippen molar-refractivity contribution in [3.8, 4) is 0 Å². The summed E-state index contributed by atoms with van der Waals surface area (Å²) in [6, 6.07) is 0.187. The molecule has 2 N–H and O–H groups in total. The predicted octanol–water partition coefficient (Wildman–Crippen LogP) is 1.18. The Morgan fingerprint density at radius 3 is 2.83 bits per heavy atom. The summed E-state index contributed by atoms with van der Waals surface area (Å²) >= 11 is 0. The Morgan fingerprint density at radius 1 is 1.56 bits per heavy atom. The van der Waals surface area contributed by atoms with E-state index in [1.165, 1.54) is 0 Å². The van der Waals surface area contributed by atoms with Crippen LogP contribution in [0.25, 0.3) is 0 Å². The number of nitrogens with zero attached hydrogens (tertiary/aromatic N) is 3. The second-order valence-electron chi connectivity index (χ2n) is 4.82. The maximum Gasteiger partial charge on any atom is 0.257 e. The number of hydrogen-bond acceptors (Lipinski definition) is 3. The van der Waals surface area contributed by atoms with Gasteiger partial charge in [0, 0.05) is 31.9 Å². The zero-order chi connectivity index (χ0) is 12.4. The molecule has 18 heavy (non-hydrogen) atoms. The van der Waals surface area contributed by atoms with Crippen molar-refractivity contribution in [1.82, 2.24) is 14.7 Å². The lowest BCUT2D eigenvalue weighted by atomic mass is 9.96. The topological polar surface area (TPSA) is 64.2 Å². The number of carbonyl (C=O) groups excluding carboxylic acids is 1. The number of aromatic nitrogens is 2. The molecule has 0 radical (unpaired) electrons. The molecule has 1 aliphatic heterocycles. The van der Waals surface area contributed by atoms with Gasteiger partial charge in [0.1, 0.15) is 0 Å². The molecule has 1 fully saturated rings. The van der Waals surface area contributed by atoms with Gasteiger partial charge in [0.25, 0.3) is 5.91 Å². The van der Waals surface area contributed by atoms with E-state index < -0.39 is 0 Å². The van der Waals surface area contributed by atoms with Gasteiger partial charge in [0.05, 0.1) is 11.8 Å². The molecule has 0 spiro atoms. The third kappa shape index (κ3) is 3.03. The Kier molecular flexibility index (Phi) is 5.16. The minimum Gasteiger partial charge on any atom is -0.334 e. The first-order valence-corrected chi connectivity index (χ1v) is 6.15. The highest BCUT2D eigenvalue weighted by atomic mass is 35.5. The molecule has 2 heterocycles. The first-order chi connectivity index (χ1) is 8.09. The molecule has 2 unspecified atom stereocenters. The van der Waals surface area contributed by atoms with Crippen LogP contribution in [0.15, 0.2) is 12.4 Å². The summed E-state index contributed by atoms with van der Waals surface area (Å²) in [6.07, 6.45) is 6.60. The molecular weight excluding hydrogens is 252 g/mol. The van der Waals surface area contributed by atoms with E-state index in [1.807, 2.05) is 18.9 Å². The van der Waals surface area contributed by atoms with Crippen LogP contribution in [0.4, 0.5) is 0 Å². The lowest BCUT2D eigenvalue weighted by molar-refractivity contribution is 0.0583. The van der Waals surface area contributed by atoms with Crippen molar-refractivity contribution in [2.24, 2.45) is 12.8 Å². The number of likely N-dealkylation sites (tertiary alicyclic amines) is 1. The van der Waals surface area contributed by atoms with Gasteiger partial charge in [-0.2, -0.15) is 5.10 Å². The lowest BCUT2D eigenvalue weighted by Crippen LogP contribution is -2.51. The average Bonchev–Trinajstić information content (AvgIpc) is 2.75.